The average molecular weight is 958 g/mol. The summed E-state index contributed by atoms with van der Waals surface area (Å²) < 4.78 is 14.8. The normalized spacial score (nSPS) is 12.8. The molecule has 0 saturated carbocycles. The molecule has 0 radical (unpaired) electrons. The molecule has 3 unspecified atom stereocenters. The summed E-state index contributed by atoms with van der Waals surface area (Å²) in [6, 6.07) is -3.71. The maximum absolute atomic E-state index is 12.1. The minimum Gasteiger partial charge on any atom is -0.480 e. The number of ether oxygens (including phenoxy) is 3. The number of amides is 3. The van der Waals surface area contributed by atoms with Gasteiger partial charge in [-0.15, -0.1) is 0 Å². The van der Waals surface area contributed by atoms with Gasteiger partial charge in [0.1, 0.15) is 30.3 Å². The SMILES string of the molecule is C=CCOC(=O)CC(CCN=[N+]=[N-])C(=O)NC[C@H](N)C(=O)O.CC(C)(C)OC(=O)CC(CCN=[N+]=[N-])C(=O)NC[C@H](N)C(=O)O.CCCOC(=O)CC(CCN=[N+]=[N-])C(=O)NC[C@H](N)C(=O)O. The van der Waals surface area contributed by atoms with Crippen molar-refractivity contribution in [1.29, 1.82) is 0 Å². The molecule has 0 spiro atoms. The fourth-order valence-electron chi connectivity index (χ4n) is 4.55. The number of carbonyl (C=O) groups excluding carboxylic acids is 6. The molecule has 30 heteroatoms. The van der Waals surface area contributed by atoms with E-state index in [-0.39, 0.29) is 91.0 Å². The predicted octanol–water partition coefficient (Wildman–Crippen LogP) is 0.688. The number of hydrogen-bond donors (Lipinski definition) is 9. The lowest BCUT2D eigenvalue weighted by Gasteiger charge is -2.22. The van der Waals surface area contributed by atoms with Gasteiger partial charge >= 0.3 is 35.8 Å². The van der Waals surface area contributed by atoms with Crippen molar-refractivity contribution < 1.29 is 72.7 Å². The second-order valence-electron chi connectivity index (χ2n) is 14.8. The number of carbonyl (C=O) groups is 9. The molecule has 0 aromatic rings. The van der Waals surface area contributed by atoms with Gasteiger partial charge in [0.15, 0.2) is 0 Å². The highest BCUT2D eigenvalue weighted by Crippen LogP contribution is 2.16. The monoisotopic (exact) mass is 957 g/mol. The second-order valence-corrected chi connectivity index (χ2v) is 14.8. The average Bonchev–Trinajstić information content (AvgIpc) is 3.26. The summed E-state index contributed by atoms with van der Waals surface area (Å²) in [6.07, 6.45) is 1.87. The first-order valence-electron chi connectivity index (χ1n) is 20.4. The number of nitrogens with one attached hydrogen (secondary N) is 3. The van der Waals surface area contributed by atoms with E-state index in [9.17, 15) is 43.2 Å². The predicted molar refractivity (Wildman–Crippen MR) is 234 cm³/mol. The lowest BCUT2D eigenvalue weighted by atomic mass is 10.00. The van der Waals surface area contributed by atoms with E-state index in [1.54, 1.807) is 20.8 Å². The molecule has 376 valence electrons. The molecule has 3 amide bonds. The van der Waals surface area contributed by atoms with Gasteiger partial charge in [-0.05, 0) is 63.0 Å². The molecule has 0 bridgehead atoms. The molecule has 67 heavy (non-hydrogen) atoms. The van der Waals surface area contributed by atoms with Gasteiger partial charge in [0, 0.05) is 71.8 Å². The summed E-state index contributed by atoms with van der Waals surface area (Å²) in [7, 11) is 0. The van der Waals surface area contributed by atoms with Crippen molar-refractivity contribution in [3.05, 3.63) is 44.0 Å². The summed E-state index contributed by atoms with van der Waals surface area (Å²) in [6.45, 7) is 9.92. The zero-order valence-electron chi connectivity index (χ0n) is 37.9. The Bertz CT molecular complexity index is 1780. The van der Waals surface area contributed by atoms with Gasteiger partial charge in [-0.25, -0.2) is 0 Å². The molecule has 0 saturated heterocycles. The van der Waals surface area contributed by atoms with E-state index in [2.05, 4.69) is 52.6 Å². The lowest BCUT2D eigenvalue weighted by Crippen LogP contribution is -2.44. The first-order valence-corrected chi connectivity index (χ1v) is 20.4. The van der Waals surface area contributed by atoms with Crippen molar-refractivity contribution in [3.63, 3.8) is 0 Å². The number of carboxylic acid groups (broad SMARTS) is 3. The van der Waals surface area contributed by atoms with Gasteiger partial charge in [0.05, 0.1) is 25.9 Å². The van der Waals surface area contributed by atoms with Gasteiger partial charge in [-0.1, -0.05) is 34.9 Å². The first kappa shape index (κ1) is 64.1. The largest absolute Gasteiger partial charge is 0.480 e. The topological polar surface area (TPSA) is 502 Å². The van der Waals surface area contributed by atoms with Crippen molar-refractivity contribution >= 4 is 53.5 Å². The van der Waals surface area contributed by atoms with E-state index in [1.165, 1.54) is 6.08 Å². The van der Waals surface area contributed by atoms with Crippen LogP contribution in [-0.4, -0.2) is 145 Å². The Labute approximate surface area is 384 Å². The molecule has 0 heterocycles. The summed E-state index contributed by atoms with van der Waals surface area (Å²) in [4.78, 5) is 110. The summed E-state index contributed by atoms with van der Waals surface area (Å²) >= 11 is 0. The van der Waals surface area contributed by atoms with Crippen LogP contribution in [0.15, 0.2) is 28.0 Å². The molecule has 12 N–H and O–H groups in total. The zero-order chi connectivity index (χ0) is 52.0. The Balaban J connectivity index is -0.000000917. The fourth-order valence-corrected chi connectivity index (χ4v) is 4.55. The van der Waals surface area contributed by atoms with Crippen molar-refractivity contribution in [2.75, 3.05) is 52.5 Å². The molecule has 0 aliphatic rings. The highest BCUT2D eigenvalue weighted by molar-refractivity contribution is 5.86. The number of carboxylic acids is 3. The zero-order valence-corrected chi connectivity index (χ0v) is 37.9. The van der Waals surface area contributed by atoms with Crippen LogP contribution in [0.5, 0.6) is 0 Å². The Hall–Kier alpha value is -7.22. The second kappa shape index (κ2) is 38.1. The van der Waals surface area contributed by atoms with Gasteiger partial charge < -0.3 is 62.7 Å². The van der Waals surface area contributed by atoms with Crippen molar-refractivity contribution in [1.82, 2.24) is 16.0 Å². The standard InChI is InChI=1S/C13H23N5O5.C12H21N5O5.C12H19N5O5/c1-13(2,3)23-10(19)6-8(4-5-17-18-15)11(20)16-7-9(14)12(21)22;2*1-2-5-22-10(18)6-8(3-4-16-17-14)11(19)15-7-9(13)12(20)21/h8-9H,4-7,14H2,1-3H3,(H,16,20)(H,21,22);8-9H,2-7,13H2,1H3,(H,15,19)(H,20,21);2,8-9H,1,3-7,13H2,(H,15,19)(H,20,21)/t3*8?,9-/m000/s1. The molecule has 0 rings (SSSR count). The van der Waals surface area contributed by atoms with E-state index >= 15 is 0 Å². The Kier molecular flexibility index (Phi) is 36.4. The summed E-state index contributed by atoms with van der Waals surface area (Å²) in [5.74, 6) is -9.45. The number of esters is 3. The number of nitrogens with two attached hydrogens (primary N) is 3. The first-order chi connectivity index (χ1) is 31.4. The van der Waals surface area contributed by atoms with Gasteiger partial charge in [-0.3, -0.25) is 43.2 Å². The van der Waals surface area contributed by atoms with Crippen molar-refractivity contribution in [3.8, 4) is 0 Å². The Morgan fingerprint density at radius 3 is 1.19 bits per heavy atom. The fraction of sp³-hybridized carbons (Fsp3) is 0.703. The molecule has 0 aliphatic carbocycles. The van der Waals surface area contributed by atoms with E-state index in [0.29, 0.717) is 6.42 Å². The van der Waals surface area contributed by atoms with Crippen LogP contribution in [0.25, 0.3) is 31.3 Å². The molecular weight excluding hydrogens is 894 g/mol. The minimum absolute atomic E-state index is 0.0212. The quantitative estimate of drug-likeness (QED) is 0.0115. The maximum Gasteiger partial charge on any atom is 0.322 e. The van der Waals surface area contributed by atoms with Crippen LogP contribution in [0.4, 0.5) is 0 Å². The highest BCUT2D eigenvalue weighted by Gasteiger charge is 2.27. The van der Waals surface area contributed by atoms with Crippen LogP contribution in [0, 0.1) is 17.8 Å². The van der Waals surface area contributed by atoms with Crippen LogP contribution in [0.2, 0.25) is 0 Å². The van der Waals surface area contributed by atoms with Crippen LogP contribution in [-0.2, 0) is 57.4 Å². The minimum atomic E-state index is -1.25. The highest BCUT2D eigenvalue weighted by atomic mass is 16.6. The maximum atomic E-state index is 12.1. The van der Waals surface area contributed by atoms with Gasteiger partial charge in [0.25, 0.3) is 0 Å². The number of hydrogen-bond acceptors (Lipinski definition) is 18. The number of aliphatic carboxylic acids is 3. The van der Waals surface area contributed by atoms with Crippen LogP contribution >= 0.6 is 0 Å². The molecule has 0 aromatic carbocycles. The van der Waals surface area contributed by atoms with Crippen LogP contribution in [0.3, 0.4) is 0 Å². The smallest absolute Gasteiger partial charge is 0.322 e. The van der Waals surface area contributed by atoms with E-state index in [1.807, 2.05) is 6.92 Å². The number of rotatable bonds is 31. The molecule has 6 atom stereocenters. The molecule has 0 fully saturated rings. The number of azide groups is 3. The van der Waals surface area contributed by atoms with Gasteiger partial charge in [-0.2, -0.15) is 0 Å². The third kappa shape index (κ3) is 36.8. The van der Waals surface area contributed by atoms with E-state index in [0.717, 1.165) is 0 Å². The Morgan fingerprint density at radius 2 is 0.925 bits per heavy atom. The van der Waals surface area contributed by atoms with Crippen LogP contribution < -0.4 is 33.2 Å². The molecule has 0 aromatic heterocycles. The van der Waals surface area contributed by atoms with Crippen LogP contribution in [0.1, 0.15) is 72.6 Å². The molecule has 0 aliphatic heterocycles. The molecular formula is C37H63N15O15. The Morgan fingerprint density at radius 1 is 0.612 bits per heavy atom. The summed E-state index contributed by atoms with van der Waals surface area (Å²) in [5, 5.41) is 43.0. The summed E-state index contributed by atoms with van der Waals surface area (Å²) in [5.41, 5.74) is 39.9. The third-order valence-electron chi connectivity index (χ3n) is 7.96. The molecule has 30 nitrogen and oxygen atoms in total. The van der Waals surface area contributed by atoms with Crippen molar-refractivity contribution in [2.45, 2.75) is 96.4 Å². The third-order valence-corrected chi connectivity index (χ3v) is 7.96. The van der Waals surface area contributed by atoms with E-state index < -0.39 is 95.0 Å². The lowest BCUT2D eigenvalue weighted by molar-refractivity contribution is -0.157. The van der Waals surface area contributed by atoms with Gasteiger partial charge in [0.2, 0.25) is 17.7 Å². The van der Waals surface area contributed by atoms with E-state index in [4.69, 9.17) is 63.3 Å². The number of nitrogens with zero attached hydrogens (tertiary/aromatic N) is 9. The van der Waals surface area contributed by atoms with Crippen molar-refractivity contribution in [2.24, 2.45) is 50.3 Å².